The summed E-state index contributed by atoms with van der Waals surface area (Å²) in [5.41, 5.74) is 6.52. The lowest BCUT2D eigenvalue weighted by Gasteiger charge is -2.42. The minimum Gasteiger partial charge on any atom is -0.379 e. The number of likely N-dealkylation sites (tertiary alicyclic amines) is 1. The van der Waals surface area contributed by atoms with Gasteiger partial charge in [-0.05, 0) is 25.0 Å². The lowest BCUT2D eigenvalue weighted by molar-refractivity contribution is -0.0104. The SMILES string of the molecule is NC(=NC[C@]1(N2CCOCC2)CCSC1)N1CCCCCC1. The van der Waals surface area contributed by atoms with Crippen LogP contribution in [0.4, 0.5) is 0 Å². The molecule has 3 heterocycles. The number of nitrogens with zero attached hydrogens (tertiary/aromatic N) is 3. The van der Waals surface area contributed by atoms with Gasteiger partial charge in [-0.25, -0.2) is 0 Å². The van der Waals surface area contributed by atoms with Gasteiger partial charge in [-0.2, -0.15) is 11.8 Å². The predicted octanol–water partition coefficient (Wildman–Crippen LogP) is 1.38. The largest absolute Gasteiger partial charge is 0.379 e. The highest BCUT2D eigenvalue weighted by atomic mass is 32.2. The van der Waals surface area contributed by atoms with Gasteiger partial charge < -0.3 is 15.4 Å². The van der Waals surface area contributed by atoms with Crippen LogP contribution >= 0.6 is 11.8 Å². The van der Waals surface area contributed by atoms with Crippen molar-refractivity contribution < 1.29 is 4.74 Å². The van der Waals surface area contributed by atoms with Gasteiger partial charge in [0.25, 0.3) is 0 Å². The summed E-state index contributed by atoms with van der Waals surface area (Å²) in [7, 11) is 0. The molecule has 3 aliphatic heterocycles. The summed E-state index contributed by atoms with van der Waals surface area (Å²) in [5.74, 6) is 3.20. The molecular weight excluding hydrogens is 296 g/mol. The molecule has 0 spiro atoms. The number of hydrogen-bond donors (Lipinski definition) is 1. The van der Waals surface area contributed by atoms with Crippen molar-refractivity contribution in [3.05, 3.63) is 0 Å². The fourth-order valence-electron chi connectivity index (χ4n) is 3.74. The molecule has 6 heteroatoms. The van der Waals surface area contributed by atoms with E-state index in [1.807, 2.05) is 0 Å². The second-order valence-corrected chi connectivity index (χ2v) is 7.81. The zero-order valence-electron chi connectivity index (χ0n) is 13.6. The van der Waals surface area contributed by atoms with Gasteiger partial charge in [0.15, 0.2) is 5.96 Å². The van der Waals surface area contributed by atoms with E-state index in [1.165, 1.54) is 43.6 Å². The third-order valence-corrected chi connectivity index (χ3v) is 6.46. The van der Waals surface area contributed by atoms with Crippen LogP contribution < -0.4 is 5.73 Å². The monoisotopic (exact) mass is 326 g/mol. The van der Waals surface area contributed by atoms with E-state index in [1.54, 1.807) is 0 Å². The van der Waals surface area contributed by atoms with Gasteiger partial charge in [-0.15, -0.1) is 0 Å². The predicted molar refractivity (Wildman–Crippen MR) is 93.6 cm³/mol. The Kier molecular flexibility index (Phi) is 5.88. The smallest absolute Gasteiger partial charge is 0.191 e. The molecule has 0 amide bonds. The fourth-order valence-corrected chi connectivity index (χ4v) is 5.20. The molecule has 3 fully saturated rings. The number of rotatable bonds is 3. The van der Waals surface area contributed by atoms with Crippen LogP contribution in [0, 0.1) is 0 Å². The molecule has 1 atom stereocenters. The lowest BCUT2D eigenvalue weighted by atomic mass is 9.96. The van der Waals surface area contributed by atoms with Crippen molar-refractivity contribution in [3.63, 3.8) is 0 Å². The van der Waals surface area contributed by atoms with Crippen LogP contribution in [0.1, 0.15) is 32.1 Å². The van der Waals surface area contributed by atoms with Crippen molar-refractivity contribution in [2.24, 2.45) is 10.7 Å². The molecule has 5 nitrogen and oxygen atoms in total. The Balaban J connectivity index is 1.63. The lowest BCUT2D eigenvalue weighted by Crippen LogP contribution is -2.56. The van der Waals surface area contributed by atoms with Crippen molar-refractivity contribution >= 4 is 17.7 Å². The van der Waals surface area contributed by atoms with E-state index in [-0.39, 0.29) is 5.54 Å². The topological polar surface area (TPSA) is 54.1 Å². The summed E-state index contributed by atoms with van der Waals surface area (Å²) in [5, 5.41) is 0. The molecule has 0 bridgehead atoms. The molecule has 0 saturated carbocycles. The number of nitrogens with two attached hydrogens (primary N) is 1. The van der Waals surface area contributed by atoms with E-state index in [0.29, 0.717) is 0 Å². The van der Waals surface area contributed by atoms with Crippen LogP contribution in [0.25, 0.3) is 0 Å². The van der Waals surface area contributed by atoms with Gasteiger partial charge in [0.2, 0.25) is 0 Å². The minimum absolute atomic E-state index is 0.213. The second kappa shape index (κ2) is 7.88. The number of thioether (sulfide) groups is 1. The standard InChI is InChI=1S/C16H30N4OS/c17-15(19-6-3-1-2-4-7-19)18-13-16(5-12-22-14-16)20-8-10-21-11-9-20/h1-14H2,(H2,17,18)/t16-/m1/s1. The summed E-state index contributed by atoms with van der Waals surface area (Å²) in [4.78, 5) is 9.74. The zero-order chi connectivity index (χ0) is 15.3. The highest BCUT2D eigenvalue weighted by molar-refractivity contribution is 7.99. The van der Waals surface area contributed by atoms with E-state index < -0.39 is 0 Å². The van der Waals surface area contributed by atoms with Gasteiger partial charge in [-0.1, -0.05) is 12.8 Å². The van der Waals surface area contributed by atoms with E-state index in [0.717, 1.165) is 51.9 Å². The molecule has 3 rings (SSSR count). The van der Waals surface area contributed by atoms with Crippen LogP contribution in [-0.4, -0.2) is 78.7 Å². The third kappa shape index (κ3) is 3.89. The number of aliphatic imine (C=N–C) groups is 1. The Morgan fingerprint density at radius 1 is 1.09 bits per heavy atom. The first-order valence-electron chi connectivity index (χ1n) is 8.76. The molecule has 0 aromatic heterocycles. The number of morpholine rings is 1. The Morgan fingerprint density at radius 2 is 1.82 bits per heavy atom. The maximum Gasteiger partial charge on any atom is 0.191 e. The molecule has 0 aliphatic carbocycles. The average molecular weight is 327 g/mol. The molecule has 3 aliphatic rings. The Morgan fingerprint density at radius 3 is 2.45 bits per heavy atom. The van der Waals surface area contributed by atoms with Gasteiger partial charge in [0.1, 0.15) is 0 Å². The molecule has 0 radical (unpaired) electrons. The maximum absolute atomic E-state index is 6.31. The minimum atomic E-state index is 0.213. The van der Waals surface area contributed by atoms with Gasteiger partial charge >= 0.3 is 0 Å². The molecule has 22 heavy (non-hydrogen) atoms. The number of hydrogen-bond acceptors (Lipinski definition) is 4. The van der Waals surface area contributed by atoms with Crippen LogP contribution in [0.15, 0.2) is 4.99 Å². The summed E-state index contributed by atoms with van der Waals surface area (Å²) >= 11 is 2.06. The molecule has 3 saturated heterocycles. The Bertz CT molecular complexity index is 370. The quantitative estimate of drug-likeness (QED) is 0.627. The van der Waals surface area contributed by atoms with Gasteiger partial charge in [0, 0.05) is 31.9 Å². The zero-order valence-corrected chi connectivity index (χ0v) is 14.5. The van der Waals surface area contributed by atoms with Crippen molar-refractivity contribution in [1.29, 1.82) is 0 Å². The molecular formula is C16H30N4OS. The van der Waals surface area contributed by atoms with Gasteiger partial charge in [0.05, 0.1) is 25.3 Å². The van der Waals surface area contributed by atoms with E-state index >= 15 is 0 Å². The van der Waals surface area contributed by atoms with Crippen molar-refractivity contribution in [2.45, 2.75) is 37.6 Å². The molecule has 2 N–H and O–H groups in total. The second-order valence-electron chi connectivity index (χ2n) is 6.70. The van der Waals surface area contributed by atoms with Crippen molar-refractivity contribution in [3.8, 4) is 0 Å². The van der Waals surface area contributed by atoms with Crippen LogP contribution in [-0.2, 0) is 4.74 Å². The Hall–Kier alpha value is -0.460. The van der Waals surface area contributed by atoms with E-state index in [2.05, 4.69) is 21.6 Å². The summed E-state index contributed by atoms with van der Waals surface area (Å²) < 4.78 is 5.52. The first-order valence-corrected chi connectivity index (χ1v) is 9.91. The Labute approximate surface area is 138 Å². The first kappa shape index (κ1) is 16.4. The fraction of sp³-hybridized carbons (Fsp3) is 0.938. The van der Waals surface area contributed by atoms with Crippen molar-refractivity contribution in [1.82, 2.24) is 9.80 Å². The third-order valence-electron chi connectivity index (χ3n) is 5.23. The van der Waals surface area contributed by atoms with Crippen LogP contribution in [0.5, 0.6) is 0 Å². The summed E-state index contributed by atoms with van der Waals surface area (Å²) in [6.07, 6.45) is 6.39. The number of ether oxygens (including phenoxy) is 1. The normalized spacial score (nSPS) is 32.2. The van der Waals surface area contributed by atoms with Crippen LogP contribution in [0.2, 0.25) is 0 Å². The van der Waals surface area contributed by atoms with Gasteiger partial charge in [-0.3, -0.25) is 9.89 Å². The van der Waals surface area contributed by atoms with Crippen molar-refractivity contribution in [2.75, 3.05) is 57.4 Å². The first-order chi connectivity index (χ1) is 10.8. The summed E-state index contributed by atoms with van der Waals surface area (Å²) in [6, 6.07) is 0. The maximum atomic E-state index is 6.31. The summed E-state index contributed by atoms with van der Waals surface area (Å²) in [6.45, 7) is 6.81. The molecule has 0 aromatic rings. The van der Waals surface area contributed by atoms with Crippen LogP contribution in [0.3, 0.4) is 0 Å². The van der Waals surface area contributed by atoms with E-state index in [9.17, 15) is 0 Å². The van der Waals surface area contributed by atoms with E-state index in [4.69, 9.17) is 15.5 Å². The molecule has 0 unspecified atom stereocenters. The molecule has 0 aromatic carbocycles. The molecule has 126 valence electrons. The highest BCUT2D eigenvalue weighted by Crippen LogP contribution is 2.34. The average Bonchev–Trinajstić information content (AvgIpc) is 2.88. The number of guanidine groups is 1. The highest BCUT2D eigenvalue weighted by Gasteiger charge is 2.40.